The minimum atomic E-state index is -1.00. The summed E-state index contributed by atoms with van der Waals surface area (Å²) in [5, 5.41) is 12.1. The Labute approximate surface area is 132 Å². The van der Waals surface area contributed by atoms with Crippen LogP contribution in [0.15, 0.2) is 55.1 Å². The normalized spacial score (nSPS) is 10.3. The number of carboxylic acids is 1. The topological polar surface area (TPSA) is 101 Å². The van der Waals surface area contributed by atoms with Crippen molar-refractivity contribution in [1.29, 1.82) is 0 Å². The van der Waals surface area contributed by atoms with Crippen LogP contribution in [0.1, 0.15) is 15.9 Å². The Hall–Kier alpha value is -3.35. The molecule has 0 aliphatic carbocycles. The van der Waals surface area contributed by atoms with Crippen LogP contribution in [0.3, 0.4) is 0 Å². The Morgan fingerprint density at radius 2 is 1.96 bits per heavy atom. The first-order chi connectivity index (χ1) is 11.2. The summed E-state index contributed by atoms with van der Waals surface area (Å²) in [7, 11) is 0. The van der Waals surface area contributed by atoms with Crippen molar-refractivity contribution in [3.05, 3.63) is 66.2 Å². The summed E-state index contributed by atoms with van der Waals surface area (Å²) in [4.78, 5) is 27.7. The highest BCUT2D eigenvalue weighted by Crippen LogP contribution is 2.16. The zero-order valence-electron chi connectivity index (χ0n) is 12.0. The predicted octanol–water partition coefficient (Wildman–Crippen LogP) is 2.24. The van der Waals surface area contributed by atoms with Crippen LogP contribution in [0.5, 0.6) is 0 Å². The molecule has 3 aromatic heterocycles. The number of carbonyl (C=O) groups is 1. The second kappa shape index (κ2) is 6.61. The highest BCUT2D eigenvalue weighted by atomic mass is 16.4. The lowest BCUT2D eigenvalue weighted by atomic mass is 10.2. The lowest BCUT2D eigenvalue weighted by Gasteiger charge is -2.06. The lowest BCUT2D eigenvalue weighted by Crippen LogP contribution is -2.04. The van der Waals surface area contributed by atoms with Crippen LogP contribution in [0.2, 0.25) is 0 Å². The van der Waals surface area contributed by atoms with Crippen LogP contribution < -0.4 is 5.32 Å². The summed E-state index contributed by atoms with van der Waals surface area (Å²) < 4.78 is 0. The van der Waals surface area contributed by atoms with Crippen molar-refractivity contribution in [1.82, 2.24) is 19.9 Å². The van der Waals surface area contributed by atoms with Gasteiger partial charge in [-0.1, -0.05) is 6.07 Å². The molecule has 0 aliphatic rings. The van der Waals surface area contributed by atoms with E-state index in [9.17, 15) is 4.79 Å². The Bertz CT molecular complexity index is 823. The molecule has 0 unspecified atom stereocenters. The first-order valence-corrected chi connectivity index (χ1v) is 6.88. The number of hydrogen-bond donors (Lipinski definition) is 2. The van der Waals surface area contributed by atoms with Gasteiger partial charge in [-0.15, -0.1) is 0 Å². The number of rotatable bonds is 5. The third kappa shape index (κ3) is 3.65. The molecule has 7 nitrogen and oxygen atoms in total. The van der Waals surface area contributed by atoms with Crippen molar-refractivity contribution >= 4 is 11.9 Å². The third-order valence-electron chi connectivity index (χ3n) is 3.10. The number of aromatic nitrogens is 4. The molecule has 3 aromatic rings. The Balaban J connectivity index is 1.80. The summed E-state index contributed by atoms with van der Waals surface area (Å²) in [5.41, 5.74) is 2.21. The van der Waals surface area contributed by atoms with Crippen molar-refractivity contribution < 1.29 is 9.90 Å². The largest absolute Gasteiger partial charge is 0.478 e. The number of nitrogens with one attached hydrogen (secondary N) is 1. The molecule has 3 rings (SSSR count). The van der Waals surface area contributed by atoms with E-state index >= 15 is 0 Å². The molecule has 0 atom stereocenters. The molecule has 0 spiro atoms. The molecule has 0 saturated heterocycles. The Morgan fingerprint density at radius 3 is 2.74 bits per heavy atom. The lowest BCUT2D eigenvalue weighted by molar-refractivity contribution is 0.0697. The fourth-order valence-corrected chi connectivity index (χ4v) is 1.97. The molecule has 0 radical (unpaired) electrons. The van der Waals surface area contributed by atoms with E-state index in [1.807, 2.05) is 12.1 Å². The van der Waals surface area contributed by atoms with Gasteiger partial charge in [0.05, 0.1) is 17.0 Å². The summed E-state index contributed by atoms with van der Waals surface area (Å²) in [5.74, 6) is -0.563. The Kier molecular flexibility index (Phi) is 4.19. The molecule has 2 N–H and O–H groups in total. The standard InChI is InChI=1S/C16H13N5O2/c22-15(23)12-3-6-18-14(8-12)13-4-7-19-16(21-13)20-10-11-2-1-5-17-9-11/h1-9H,10H2,(H,22,23)(H,19,20,21). The van der Waals surface area contributed by atoms with E-state index in [4.69, 9.17) is 5.11 Å². The maximum absolute atomic E-state index is 11.0. The van der Waals surface area contributed by atoms with E-state index in [0.717, 1.165) is 5.56 Å². The van der Waals surface area contributed by atoms with Crippen LogP contribution >= 0.6 is 0 Å². The summed E-state index contributed by atoms with van der Waals surface area (Å²) in [6.45, 7) is 0.542. The van der Waals surface area contributed by atoms with Gasteiger partial charge in [0.25, 0.3) is 0 Å². The van der Waals surface area contributed by atoms with E-state index in [-0.39, 0.29) is 5.56 Å². The maximum atomic E-state index is 11.0. The monoisotopic (exact) mass is 307 g/mol. The second-order valence-electron chi connectivity index (χ2n) is 4.72. The van der Waals surface area contributed by atoms with Crippen LogP contribution in [-0.4, -0.2) is 31.0 Å². The van der Waals surface area contributed by atoms with Gasteiger partial charge in [0.1, 0.15) is 0 Å². The Morgan fingerprint density at radius 1 is 1.09 bits per heavy atom. The highest BCUT2D eigenvalue weighted by Gasteiger charge is 2.08. The molecular weight excluding hydrogens is 294 g/mol. The van der Waals surface area contributed by atoms with E-state index < -0.39 is 5.97 Å². The van der Waals surface area contributed by atoms with Crippen molar-refractivity contribution in [2.24, 2.45) is 0 Å². The van der Waals surface area contributed by atoms with Crippen molar-refractivity contribution in [2.75, 3.05) is 5.32 Å². The molecular formula is C16H13N5O2. The van der Waals surface area contributed by atoms with Gasteiger partial charge in [-0.2, -0.15) is 0 Å². The van der Waals surface area contributed by atoms with Crippen LogP contribution in [-0.2, 0) is 6.54 Å². The number of hydrogen-bond acceptors (Lipinski definition) is 6. The number of nitrogens with zero attached hydrogens (tertiary/aromatic N) is 4. The van der Waals surface area contributed by atoms with E-state index in [2.05, 4.69) is 25.3 Å². The summed E-state index contributed by atoms with van der Waals surface area (Å²) in [6.07, 6.45) is 6.52. The molecule has 0 fully saturated rings. The quantitative estimate of drug-likeness (QED) is 0.745. The number of pyridine rings is 2. The second-order valence-corrected chi connectivity index (χ2v) is 4.72. The number of carboxylic acid groups (broad SMARTS) is 1. The molecule has 0 aliphatic heterocycles. The SMILES string of the molecule is O=C(O)c1ccnc(-c2ccnc(NCc3cccnc3)n2)c1. The fourth-order valence-electron chi connectivity index (χ4n) is 1.97. The maximum Gasteiger partial charge on any atom is 0.335 e. The zero-order valence-corrected chi connectivity index (χ0v) is 12.0. The molecule has 0 amide bonds. The van der Waals surface area contributed by atoms with Gasteiger partial charge < -0.3 is 10.4 Å². The van der Waals surface area contributed by atoms with E-state index in [0.29, 0.717) is 23.9 Å². The van der Waals surface area contributed by atoms with Gasteiger partial charge in [-0.3, -0.25) is 9.97 Å². The van der Waals surface area contributed by atoms with E-state index in [1.54, 1.807) is 24.7 Å². The minimum Gasteiger partial charge on any atom is -0.478 e. The number of aromatic carboxylic acids is 1. The fraction of sp³-hybridized carbons (Fsp3) is 0.0625. The third-order valence-corrected chi connectivity index (χ3v) is 3.10. The van der Waals surface area contributed by atoms with Gasteiger partial charge in [0.2, 0.25) is 5.95 Å². The van der Waals surface area contributed by atoms with Gasteiger partial charge in [0.15, 0.2) is 0 Å². The summed E-state index contributed by atoms with van der Waals surface area (Å²) >= 11 is 0. The average Bonchev–Trinajstić information content (AvgIpc) is 2.61. The average molecular weight is 307 g/mol. The van der Waals surface area contributed by atoms with Gasteiger partial charge >= 0.3 is 5.97 Å². The first kappa shape index (κ1) is 14.6. The highest BCUT2D eigenvalue weighted by molar-refractivity contribution is 5.88. The van der Waals surface area contributed by atoms with Crippen molar-refractivity contribution in [2.45, 2.75) is 6.54 Å². The molecule has 114 valence electrons. The van der Waals surface area contributed by atoms with Crippen LogP contribution in [0.4, 0.5) is 5.95 Å². The van der Waals surface area contributed by atoms with Gasteiger partial charge in [0, 0.05) is 31.3 Å². The predicted molar refractivity (Wildman–Crippen MR) is 83.8 cm³/mol. The van der Waals surface area contributed by atoms with Crippen LogP contribution in [0.25, 0.3) is 11.4 Å². The van der Waals surface area contributed by atoms with E-state index in [1.165, 1.54) is 18.3 Å². The van der Waals surface area contributed by atoms with Crippen LogP contribution in [0, 0.1) is 0 Å². The molecule has 7 heteroatoms. The molecule has 0 aromatic carbocycles. The van der Waals surface area contributed by atoms with Crippen molar-refractivity contribution in [3.8, 4) is 11.4 Å². The molecule has 3 heterocycles. The molecule has 0 bridgehead atoms. The first-order valence-electron chi connectivity index (χ1n) is 6.88. The molecule has 0 saturated carbocycles. The van der Waals surface area contributed by atoms with Gasteiger partial charge in [-0.05, 0) is 29.8 Å². The molecule has 23 heavy (non-hydrogen) atoms. The van der Waals surface area contributed by atoms with Crippen molar-refractivity contribution in [3.63, 3.8) is 0 Å². The number of anilines is 1. The smallest absolute Gasteiger partial charge is 0.335 e. The zero-order chi connectivity index (χ0) is 16.1. The van der Waals surface area contributed by atoms with Gasteiger partial charge in [-0.25, -0.2) is 14.8 Å². The summed E-state index contributed by atoms with van der Waals surface area (Å²) in [6, 6.07) is 8.41. The minimum absolute atomic E-state index is 0.165.